The molecule has 2 fully saturated rings. The molecule has 1 heterocycles. The second-order valence-electron chi connectivity index (χ2n) is 8.16. The molecule has 0 bridgehead atoms. The minimum absolute atomic E-state index is 0.304. The Kier molecular flexibility index (Phi) is 6.09. The molecule has 0 spiro atoms. The zero-order valence-electron chi connectivity index (χ0n) is 14.3. The van der Waals surface area contributed by atoms with Crippen LogP contribution in [0.3, 0.4) is 0 Å². The number of likely N-dealkylation sites (tertiary alicyclic amines) is 1. The van der Waals surface area contributed by atoms with Gasteiger partial charge in [-0.3, -0.25) is 4.79 Å². The van der Waals surface area contributed by atoms with Crippen molar-refractivity contribution in [2.45, 2.75) is 65.7 Å². The van der Waals surface area contributed by atoms with E-state index in [9.17, 15) is 4.79 Å². The maximum atomic E-state index is 12.1. The van der Waals surface area contributed by atoms with Gasteiger partial charge in [0.15, 0.2) is 0 Å². The number of hydrogen-bond donors (Lipinski definition) is 1. The highest BCUT2D eigenvalue weighted by molar-refractivity contribution is 5.78. The van der Waals surface area contributed by atoms with E-state index < -0.39 is 0 Å². The fraction of sp³-hybridized carbons (Fsp3) is 0.944. The van der Waals surface area contributed by atoms with Gasteiger partial charge in [0.25, 0.3) is 0 Å². The number of hydrogen-bond acceptors (Lipinski definition) is 2. The summed E-state index contributed by atoms with van der Waals surface area (Å²) in [7, 11) is 0. The maximum absolute atomic E-state index is 12.1. The van der Waals surface area contributed by atoms with Crippen LogP contribution in [0.2, 0.25) is 0 Å². The van der Waals surface area contributed by atoms with Crippen molar-refractivity contribution in [3.63, 3.8) is 0 Å². The van der Waals surface area contributed by atoms with Crippen molar-refractivity contribution in [3.05, 3.63) is 0 Å². The summed E-state index contributed by atoms with van der Waals surface area (Å²) >= 11 is 0. The van der Waals surface area contributed by atoms with Crippen molar-refractivity contribution in [1.29, 1.82) is 0 Å². The Hall–Kier alpha value is -0.570. The molecule has 0 unspecified atom stereocenters. The van der Waals surface area contributed by atoms with Crippen LogP contribution in [0.25, 0.3) is 0 Å². The Balaban J connectivity index is 1.60. The third-order valence-corrected chi connectivity index (χ3v) is 5.49. The average Bonchev–Trinajstić information content (AvgIpc) is 2.47. The molecule has 0 aromatic heterocycles. The van der Waals surface area contributed by atoms with Crippen LogP contribution in [0.1, 0.15) is 65.7 Å². The molecule has 0 aromatic rings. The summed E-state index contributed by atoms with van der Waals surface area (Å²) < 4.78 is 0. The predicted octanol–water partition coefficient (Wildman–Crippen LogP) is 3.44. The van der Waals surface area contributed by atoms with E-state index in [-0.39, 0.29) is 0 Å². The maximum Gasteiger partial charge on any atom is 0.236 e. The highest BCUT2D eigenvalue weighted by Gasteiger charge is 2.29. The van der Waals surface area contributed by atoms with Gasteiger partial charge < -0.3 is 10.2 Å². The SMILES string of the molecule is CC(C)(C)C1CCC(CNCC(=O)N2CCCCC2)CC1. The Morgan fingerprint density at radius 3 is 2.24 bits per heavy atom. The summed E-state index contributed by atoms with van der Waals surface area (Å²) in [6, 6.07) is 0. The zero-order valence-corrected chi connectivity index (χ0v) is 14.3. The number of rotatable bonds is 4. The molecule has 1 saturated carbocycles. The summed E-state index contributed by atoms with van der Waals surface area (Å²) in [6.45, 7) is 10.6. The second-order valence-corrected chi connectivity index (χ2v) is 8.16. The molecular weight excluding hydrogens is 260 g/mol. The van der Waals surface area contributed by atoms with Gasteiger partial charge in [-0.1, -0.05) is 20.8 Å². The van der Waals surface area contributed by atoms with Crippen molar-refractivity contribution in [2.24, 2.45) is 17.3 Å². The highest BCUT2D eigenvalue weighted by atomic mass is 16.2. The Labute approximate surface area is 130 Å². The molecule has 0 radical (unpaired) electrons. The van der Waals surface area contributed by atoms with Crippen LogP contribution in [-0.4, -0.2) is 37.0 Å². The monoisotopic (exact) mass is 294 g/mol. The lowest BCUT2D eigenvalue weighted by Gasteiger charge is -2.37. The molecule has 1 aliphatic carbocycles. The van der Waals surface area contributed by atoms with Crippen molar-refractivity contribution in [1.82, 2.24) is 10.2 Å². The minimum atomic E-state index is 0.304. The second kappa shape index (κ2) is 7.62. The molecule has 3 nitrogen and oxygen atoms in total. The first-order valence-electron chi connectivity index (χ1n) is 8.95. The van der Waals surface area contributed by atoms with E-state index in [1.165, 1.54) is 44.9 Å². The molecule has 2 aliphatic rings. The van der Waals surface area contributed by atoms with Gasteiger partial charge in [-0.05, 0) is 68.7 Å². The lowest BCUT2D eigenvalue weighted by atomic mass is 9.70. The smallest absolute Gasteiger partial charge is 0.236 e. The van der Waals surface area contributed by atoms with Crippen LogP contribution in [-0.2, 0) is 4.79 Å². The molecule has 122 valence electrons. The molecule has 1 N–H and O–H groups in total. The van der Waals surface area contributed by atoms with Crippen molar-refractivity contribution >= 4 is 5.91 Å². The van der Waals surface area contributed by atoms with E-state index in [4.69, 9.17) is 0 Å². The van der Waals surface area contributed by atoms with Crippen LogP contribution in [0, 0.1) is 17.3 Å². The van der Waals surface area contributed by atoms with Crippen LogP contribution < -0.4 is 5.32 Å². The molecule has 3 heteroatoms. The van der Waals surface area contributed by atoms with E-state index in [0.717, 1.165) is 31.5 Å². The average molecular weight is 294 g/mol. The van der Waals surface area contributed by atoms with Crippen LogP contribution in [0.4, 0.5) is 0 Å². The van der Waals surface area contributed by atoms with E-state index >= 15 is 0 Å². The number of amides is 1. The summed E-state index contributed by atoms with van der Waals surface area (Å²) in [5, 5.41) is 3.41. The van der Waals surface area contributed by atoms with E-state index in [0.29, 0.717) is 17.9 Å². The molecular formula is C18H34N2O. The Morgan fingerprint density at radius 2 is 1.67 bits per heavy atom. The van der Waals surface area contributed by atoms with E-state index in [1.807, 2.05) is 4.90 Å². The summed E-state index contributed by atoms with van der Waals surface area (Å²) in [5.74, 6) is 1.96. The number of nitrogens with zero attached hydrogens (tertiary/aromatic N) is 1. The predicted molar refractivity (Wildman–Crippen MR) is 88.2 cm³/mol. The van der Waals surface area contributed by atoms with Gasteiger partial charge in [0.1, 0.15) is 0 Å². The normalized spacial score (nSPS) is 27.7. The lowest BCUT2D eigenvalue weighted by Crippen LogP contribution is -2.42. The molecule has 1 aliphatic heterocycles. The van der Waals surface area contributed by atoms with Crippen molar-refractivity contribution in [2.75, 3.05) is 26.2 Å². The molecule has 0 aromatic carbocycles. The van der Waals surface area contributed by atoms with Gasteiger partial charge >= 0.3 is 0 Å². The van der Waals surface area contributed by atoms with Gasteiger partial charge in [0.05, 0.1) is 6.54 Å². The van der Waals surface area contributed by atoms with Crippen LogP contribution >= 0.6 is 0 Å². The Morgan fingerprint density at radius 1 is 1.05 bits per heavy atom. The fourth-order valence-electron chi connectivity index (χ4n) is 3.87. The summed E-state index contributed by atoms with van der Waals surface area (Å²) in [4.78, 5) is 14.1. The molecule has 1 saturated heterocycles. The third kappa shape index (κ3) is 5.28. The van der Waals surface area contributed by atoms with Crippen molar-refractivity contribution < 1.29 is 4.79 Å². The van der Waals surface area contributed by atoms with Gasteiger partial charge in [0.2, 0.25) is 5.91 Å². The highest BCUT2D eigenvalue weighted by Crippen LogP contribution is 2.39. The first-order chi connectivity index (χ1) is 9.97. The van der Waals surface area contributed by atoms with Crippen LogP contribution in [0.5, 0.6) is 0 Å². The molecule has 2 rings (SSSR count). The number of nitrogens with one attached hydrogen (secondary N) is 1. The topological polar surface area (TPSA) is 32.3 Å². The largest absolute Gasteiger partial charge is 0.342 e. The first-order valence-corrected chi connectivity index (χ1v) is 8.95. The molecule has 0 atom stereocenters. The third-order valence-electron chi connectivity index (χ3n) is 5.49. The van der Waals surface area contributed by atoms with Gasteiger partial charge in [-0.15, -0.1) is 0 Å². The van der Waals surface area contributed by atoms with Gasteiger partial charge in [-0.2, -0.15) is 0 Å². The van der Waals surface area contributed by atoms with E-state index in [1.54, 1.807) is 0 Å². The molecule has 21 heavy (non-hydrogen) atoms. The lowest BCUT2D eigenvalue weighted by molar-refractivity contribution is -0.131. The standard InChI is InChI=1S/C18H34N2O/c1-18(2,3)16-9-7-15(8-10-16)13-19-14-17(21)20-11-5-4-6-12-20/h15-16,19H,4-14H2,1-3H3. The van der Waals surface area contributed by atoms with E-state index in [2.05, 4.69) is 26.1 Å². The number of carbonyl (C=O) groups excluding carboxylic acids is 1. The fourth-order valence-corrected chi connectivity index (χ4v) is 3.87. The van der Waals surface area contributed by atoms with Gasteiger partial charge in [0, 0.05) is 13.1 Å². The first kappa shape index (κ1) is 16.8. The molecule has 1 amide bonds. The number of piperidine rings is 1. The van der Waals surface area contributed by atoms with Crippen LogP contribution in [0.15, 0.2) is 0 Å². The summed E-state index contributed by atoms with van der Waals surface area (Å²) in [5.41, 5.74) is 0.461. The summed E-state index contributed by atoms with van der Waals surface area (Å²) in [6.07, 6.45) is 9.02. The number of carbonyl (C=O) groups is 1. The Bertz CT molecular complexity index is 321. The zero-order chi connectivity index (χ0) is 15.3. The minimum Gasteiger partial charge on any atom is -0.342 e. The van der Waals surface area contributed by atoms with Crippen molar-refractivity contribution in [3.8, 4) is 0 Å². The van der Waals surface area contributed by atoms with Gasteiger partial charge in [-0.25, -0.2) is 0 Å². The quantitative estimate of drug-likeness (QED) is 0.861.